The number of sulfonamides is 1. The van der Waals surface area contributed by atoms with Gasteiger partial charge in [0.25, 0.3) is 0 Å². The number of halogens is 1. The van der Waals surface area contributed by atoms with Gasteiger partial charge in [0.15, 0.2) is 5.78 Å². The summed E-state index contributed by atoms with van der Waals surface area (Å²) in [6, 6.07) is 10.6. The number of anilines is 1. The summed E-state index contributed by atoms with van der Waals surface area (Å²) in [5.41, 5.74) is 1.80. The van der Waals surface area contributed by atoms with E-state index in [-0.39, 0.29) is 18.2 Å². The lowest BCUT2D eigenvalue weighted by atomic mass is 9.82. The summed E-state index contributed by atoms with van der Waals surface area (Å²) >= 11 is 0. The molecule has 0 unspecified atom stereocenters. The monoisotopic (exact) mass is 476 g/mol. The molecular formula is C22H25ClN4O4S. The number of hydrogen-bond donors (Lipinski definition) is 1. The van der Waals surface area contributed by atoms with Gasteiger partial charge in [-0.25, -0.2) is 8.42 Å². The number of carbonyl (C=O) groups excluding carboxylic acids is 1. The smallest absolute Gasteiger partial charge is 0.229 e. The van der Waals surface area contributed by atoms with Crippen LogP contribution in [0.1, 0.15) is 40.9 Å². The van der Waals surface area contributed by atoms with E-state index < -0.39 is 15.6 Å². The third-order valence-electron chi connectivity index (χ3n) is 5.80. The van der Waals surface area contributed by atoms with Crippen LogP contribution in [0.25, 0.3) is 0 Å². The van der Waals surface area contributed by atoms with Crippen molar-refractivity contribution in [1.82, 2.24) is 9.88 Å². The minimum absolute atomic E-state index is 0. The Hall–Kier alpha value is -2.67. The van der Waals surface area contributed by atoms with Crippen molar-refractivity contribution in [2.45, 2.75) is 31.3 Å². The van der Waals surface area contributed by atoms with Crippen LogP contribution in [0.4, 0.5) is 5.69 Å². The van der Waals surface area contributed by atoms with E-state index in [2.05, 4.69) is 20.7 Å². The lowest BCUT2D eigenvalue weighted by Gasteiger charge is -2.44. The molecule has 2 aliphatic heterocycles. The van der Waals surface area contributed by atoms with E-state index in [1.165, 1.54) is 0 Å². The highest BCUT2D eigenvalue weighted by Crippen LogP contribution is 2.40. The quantitative estimate of drug-likeness (QED) is 0.705. The molecule has 0 aliphatic carbocycles. The molecule has 0 amide bonds. The fourth-order valence-corrected chi connectivity index (χ4v) is 4.70. The highest BCUT2D eigenvalue weighted by atomic mass is 35.5. The topological polar surface area (TPSA) is 112 Å². The maximum absolute atomic E-state index is 12.8. The van der Waals surface area contributed by atoms with Crippen molar-refractivity contribution in [3.63, 3.8) is 0 Å². The molecule has 170 valence electrons. The number of aromatic nitrogens is 1. The van der Waals surface area contributed by atoms with E-state index in [1.54, 1.807) is 30.5 Å². The van der Waals surface area contributed by atoms with Gasteiger partial charge in [0.05, 0.1) is 23.8 Å². The number of benzene rings is 1. The molecule has 1 aromatic carbocycles. The van der Waals surface area contributed by atoms with Crippen LogP contribution in [-0.2, 0) is 16.4 Å². The first-order chi connectivity index (χ1) is 14.8. The molecule has 1 fully saturated rings. The highest BCUT2D eigenvalue weighted by molar-refractivity contribution is 7.92. The van der Waals surface area contributed by atoms with Crippen molar-refractivity contribution in [1.29, 1.82) is 5.26 Å². The van der Waals surface area contributed by atoms with Crippen LogP contribution < -0.4 is 9.46 Å². The van der Waals surface area contributed by atoms with Gasteiger partial charge in [0, 0.05) is 56.5 Å². The highest BCUT2D eigenvalue weighted by Gasteiger charge is 2.42. The van der Waals surface area contributed by atoms with Gasteiger partial charge in [-0.1, -0.05) is 0 Å². The summed E-state index contributed by atoms with van der Waals surface area (Å²) in [7, 11) is -3.41. The van der Waals surface area contributed by atoms with Crippen LogP contribution >= 0.6 is 12.4 Å². The molecule has 3 heterocycles. The zero-order valence-electron chi connectivity index (χ0n) is 17.7. The summed E-state index contributed by atoms with van der Waals surface area (Å²) in [6.45, 7) is 2.51. The Balaban J connectivity index is 0.00000289. The summed E-state index contributed by atoms with van der Waals surface area (Å²) in [5.74, 6) is 0.499. The average Bonchev–Trinajstić information content (AvgIpc) is 2.73. The zero-order chi connectivity index (χ0) is 22.1. The predicted molar refractivity (Wildman–Crippen MR) is 123 cm³/mol. The molecule has 2 aromatic rings. The first-order valence-corrected chi connectivity index (χ1v) is 12.1. The van der Waals surface area contributed by atoms with E-state index in [9.17, 15) is 13.2 Å². The molecular weight excluding hydrogens is 452 g/mol. The Morgan fingerprint density at radius 1 is 1.25 bits per heavy atom. The molecule has 0 bridgehead atoms. The number of piperidine rings is 1. The van der Waals surface area contributed by atoms with Crippen molar-refractivity contribution in [2.75, 3.05) is 30.6 Å². The van der Waals surface area contributed by atoms with Gasteiger partial charge in [-0.15, -0.1) is 12.4 Å². The molecule has 32 heavy (non-hydrogen) atoms. The van der Waals surface area contributed by atoms with Crippen LogP contribution in [0.15, 0.2) is 36.5 Å². The van der Waals surface area contributed by atoms with E-state index in [0.29, 0.717) is 29.0 Å². The Morgan fingerprint density at radius 3 is 2.62 bits per heavy atom. The number of nitrogens with one attached hydrogen (secondary N) is 1. The molecule has 4 rings (SSSR count). The first kappa shape index (κ1) is 24.0. The van der Waals surface area contributed by atoms with E-state index in [4.69, 9.17) is 10.00 Å². The predicted octanol–water partition coefficient (Wildman–Crippen LogP) is 2.79. The maximum atomic E-state index is 12.8. The first-order valence-electron chi connectivity index (χ1n) is 10.2. The minimum Gasteiger partial charge on any atom is -0.486 e. The summed E-state index contributed by atoms with van der Waals surface area (Å²) in [6.07, 6.45) is 5.27. The Bertz CT molecular complexity index is 1140. The van der Waals surface area contributed by atoms with Gasteiger partial charge in [0.2, 0.25) is 10.0 Å². The van der Waals surface area contributed by atoms with Crippen LogP contribution in [0.5, 0.6) is 5.75 Å². The fraction of sp³-hybridized carbons (Fsp3) is 0.409. The number of nitriles is 1. The van der Waals surface area contributed by atoms with Crippen LogP contribution in [0.3, 0.4) is 0 Å². The summed E-state index contributed by atoms with van der Waals surface area (Å²) in [5, 5.41) is 8.86. The van der Waals surface area contributed by atoms with Crippen molar-refractivity contribution in [2.24, 2.45) is 0 Å². The molecule has 0 saturated carbocycles. The third-order valence-corrected chi connectivity index (χ3v) is 6.40. The lowest BCUT2D eigenvalue weighted by molar-refractivity contribution is -0.00868. The molecule has 1 saturated heterocycles. The van der Waals surface area contributed by atoms with Crippen LogP contribution in [0.2, 0.25) is 0 Å². The van der Waals surface area contributed by atoms with E-state index in [1.807, 2.05) is 6.07 Å². The van der Waals surface area contributed by atoms with E-state index >= 15 is 0 Å². The average molecular weight is 477 g/mol. The van der Waals surface area contributed by atoms with Crippen molar-refractivity contribution in [3.05, 3.63) is 53.3 Å². The Morgan fingerprint density at radius 2 is 2.00 bits per heavy atom. The van der Waals surface area contributed by atoms with Gasteiger partial charge in [0.1, 0.15) is 17.4 Å². The molecule has 8 nitrogen and oxygen atoms in total. The van der Waals surface area contributed by atoms with Gasteiger partial charge >= 0.3 is 0 Å². The number of Topliss-reactive ketones (excluding diaryl/α,β-unsaturated/α-hetero) is 1. The molecule has 2 aliphatic rings. The standard InChI is InChI=1S/C22H24N4O4S.ClH/c1-31(28,29)25-18-4-5-21-19(12-18)20(27)13-22(30-21)7-10-26(11-8-22)9-6-17-3-2-16(14-23)15-24-17;/h2-5,12,15,25H,6-11,13H2,1H3;1H. The molecule has 0 radical (unpaired) electrons. The number of ketones is 1. The van der Waals surface area contributed by atoms with Crippen molar-refractivity contribution in [3.8, 4) is 11.8 Å². The Kier molecular flexibility index (Phi) is 7.08. The van der Waals surface area contributed by atoms with Gasteiger partial charge in [-0.05, 0) is 30.3 Å². The molecule has 1 spiro atoms. The normalized spacial score (nSPS) is 17.6. The van der Waals surface area contributed by atoms with Gasteiger partial charge in [-0.2, -0.15) is 5.26 Å². The summed E-state index contributed by atoms with van der Waals surface area (Å²) in [4.78, 5) is 19.5. The molecule has 0 atom stereocenters. The number of ether oxygens (including phenoxy) is 1. The largest absolute Gasteiger partial charge is 0.486 e. The van der Waals surface area contributed by atoms with E-state index in [0.717, 1.165) is 50.8 Å². The number of carbonyl (C=O) groups is 1. The van der Waals surface area contributed by atoms with Gasteiger partial charge in [-0.3, -0.25) is 14.5 Å². The van der Waals surface area contributed by atoms with Crippen molar-refractivity contribution < 1.29 is 17.9 Å². The Labute approximate surface area is 194 Å². The second-order valence-electron chi connectivity index (χ2n) is 8.21. The molecule has 1 N–H and O–H groups in total. The number of pyridine rings is 1. The lowest BCUT2D eigenvalue weighted by Crippen LogP contribution is -2.51. The minimum atomic E-state index is -3.41. The number of nitrogens with zero attached hydrogens (tertiary/aromatic N) is 3. The fourth-order valence-electron chi connectivity index (χ4n) is 4.15. The molecule has 1 aromatic heterocycles. The SMILES string of the molecule is CS(=O)(=O)Nc1ccc2c(c1)C(=O)CC1(CCN(CCc3ccc(C#N)cn3)CC1)O2.Cl. The van der Waals surface area contributed by atoms with Crippen LogP contribution in [-0.4, -0.2) is 55.6 Å². The van der Waals surface area contributed by atoms with Crippen molar-refractivity contribution >= 4 is 33.9 Å². The summed E-state index contributed by atoms with van der Waals surface area (Å²) < 4.78 is 31.6. The number of likely N-dealkylation sites (tertiary alicyclic amines) is 1. The van der Waals surface area contributed by atoms with Gasteiger partial charge < -0.3 is 9.64 Å². The molecule has 10 heteroatoms. The second-order valence-corrected chi connectivity index (χ2v) is 9.96. The number of rotatable bonds is 5. The second kappa shape index (κ2) is 9.45. The van der Waals surface area contributed by atoms with Crippen LogP contribution in [0, 0.1) is 11.3 Å². The number of hydrogen-bond acceptors (Lipinski definition) is 7. The number of fused-ring (bicyclic) bond motifs is 1. The zero-order valence-corrected chi connectivity index (χ0v) is 19.3. The maximum Gasteiger partial charge on any atom is 0.229 e. The third kappa shape index (κ3) is 5.57.